The number of likely N-dealkylation sites (tertiary alicyclic amines) is 1. The van der Waals surface area contributed by atoms with Crippen LogP contribution in [-0.4, -0.2) is 87.6 Å². The topological polar surface area (TPSA) is 125 Å². The van der Waals surface area contributed by atoms with Gasteiger partial charge in [-0.15, -0.1) is 0 Å². The summed E-state index contributed by atoms with van der Waals surface area (Å²) in [4.78, 5) is 59.7. The van der Waals surface area contributed by atoms with Crippen LogP contribution in [-0.2, 0) is 28.7 Å². The van der Waals surface area contributed by atoms with Gasteiger partial charge in [0.15, 0.2) is 0 Å². The van der Waals surface area contributed by atoms with Crippen molar-refractivity contribution < 1.29 is 33.8 Å². The van der Waals surface area contributed by atoms with Crippen LogP contribution < -0.4 is 5.32 Å². The Morgan fingerprint density at radius 2 is 1.78 bits per heavy atom. The van der Waals surface area contributed by atoms with Gasteiger partial charge in [-0.1, -0.05) is 77.7 Å². The van der Waals surface area contributed by atoms with Crippen LogP contribution in [0.2, 0.25) is 0 Å². The number of halogens is 1. The highest BCUT2D eigenvalue weighted by molar-refractivity contribution is 9.11. The summed E-state index contributed by atoms with van der Waals surface area (Å²) in [7, 11) is 0. The SMILES string of the molecule is C[C@@H]1NC(=O)CC/C=C\CN(C2CCCCC2)C(=O)[C@H]2N([C@H](C)CO)C(=O)[C@@H]3[C@@H](C(=O)O[C@H]1c1ccccc1)[C@@H]1O[C@@]32C=C1Br. The highest BCUT2D eigenvalue weighted by Gasteiger charge is 2.75. The molecule has 11 heteroatoms. The lowest BCUT2D eigenvalue weighted by molar-refractivity contribution is -0.162. The van der Waals surface area contributed by atoms with Crippen molar-refractivity contribution in [1.82, 2.24) is 15.1 Å². The van der Waals surface area contributed by atoms with Crippen LogP contribution in [0.5, 0.6) is 0 Å². The first-order valence-electron chi connectivity index (χ1n) is 16.2. The van der Waals surface area contributed by atoms with E-state index >= 15 is 0 Å². The Morgan fingerprint density at radius 3 is 2.49 bits per heavy atom. The van der Waals surface area contributed by atoms with Crippen LogP contribution in [0.25, 0.3) is 0 Å². The molecule has 8 atom stereocenters. The maximum Gasteiger partial charge on any atom is 0.313 e. The summed E-state index contributed by atoms with van der Waals surface area (Å²) >= 11 is 3.60. The molecule has 3 fully saturated rings. The number of aliphatic hydroxyl groups excluding tert-OH is 1. The van der Waals surface area contributed by atoms with Crippen molar-refractivity contribution in [2.45, 2.75) is 101 Å². The first-order chi connectivity index (χ1) is 21.7. The van der Waals surface area contributed by atoms with Gasteiger partial charge in [0.05, 0.1) is 24.6 Å². The molecule has 1 aliphatic carbocycles. The van der Waals surface area contributed by atoms with Gasteiger partial charge in [-0.2, -0.15) is 0 Å². The number of allylic oxidation sites excluding steroid dienone is 1. The van der Waals surface area contributed by atoms with Gasteiger partial charge in [0.2, 0.25) is 17.7 Å². The van der Waals surface area contributed by atoms with E-state index in [4.69, 9.17) is 9.47 Å². The molecule has 5 aliphatic rings. The number of rotatable bonds is 4. The number of ether oxygens (including phenoxy) is 2. The molecular formula is C34H42BrN3O7. The van der Waals surface area contributed by atoms with Gasteiger partial charge in [-0.25, -0.2) is 0 Å². The molecule has 2 N–H and O–H groups in total. The van der Waals surface area contributed by atoms with E-state index in [1.165, 1.54) is 4.90 Å². The largest absolute Gasteiger partial charge is 0.455 e. The molecule has 2 saturated heterocycles. The molecule has 1 saturated carbocycles. The van der Waals surface area contributed by atoms with E-state index in [0.717, 1.165) is 32.1 Å². The Balaban J connectivity index is 1.45. The third-order valence-corrected chi connectivity index (χ3v) is 10.8. The van der Waals surface area contributed by atoms with Gasteiger partial charge in [0.25, 0.3) is 0 Å². The number of hydrogen-bond donors (Lipinski definition) is 2. The number of aliphatic hydroxyl groups is 1. The van der Waals surface area contributed by atoms with E-state index in [9.17, 15) is 24.3 Å². The minimum Gasteiger partial charge on any atom is -0.455 e. The summed E-state index contributed by atoms with van der Waals surface area (Å²) in [6.07, 6.45) is 9.54. The molecule has 6 rings (SSSR count). The second-order valence-electron chi connectivity index (χ2n) is 13.0. The first-order valence-corrected chi connectivity index (χ1v) is 17.0. The van der Waals surface area contributed by atoms with Gasteiger partial charge in [-0.05, 0) is 44.7 Å². The van der Waals surface area contributed by atoms with Gasteiger partial charge in [0.1, 0.15) is 29.8 Å². The summed E-state index contributed by atoms with van der Waals surface area (Å²) in [5.41, 5.74) is -0.702. The molecule has 1 spiro atoms. The number of fused-ring (bicyclic) bond motifs is 2. The molecule has 4 heterocycles. The van der Waals surface area contributed by atoms with E-state index in [0.29, 0.717) is 23.0 Å². The predicted octanol–water partition coefficient (Wildman–Crippen LogP) is 3.54. The van der Waals surface area contributed by atoms with E-state index in [-0.39, 0.29) is 30.9 Å². The predicted molar refractivity (Wildman–Crippen MR) is 169 cm³/mol. The van der Waals surface area contributed by atoms with Gasteiger partial charge >= 0.3 is 5.97 Å². The second kappa shape index (κ2) is 13.0. The zero-order valence-electron chi connectivity index (χ0n) is 25.8. The number of cyclic esters (lactones) is 1. The zero-order valence-corrected chi connectivity index (χ0v) is 27.4. The number of nitrogens with zero attached hydrogens (tertiary/aromatic N) is 2. The summed E-state index contributed by atoms with van der Waals surface area (Å²) in [6, 6.07) is 6.88. The van der Waals surface area contributed by atoms with Crippen molar-refractivity contribution in [3.05, 3.63) is 58.6 Å². The Labute approximate surface area is 272 Å². The zero-order chi connectivity index (χ0) is 31.9. The average Bonchev–Trinajstić information content (AvgIpc) is 3.64. The van der Waals surface area contributed by atoms with Crippen molar-refractivity contribution in [2.24, 2.45) is 11.8 Å². The van der Waals surface area contributed by atoms with E-state index in [2.05, 4.69) is 21.2 Å². The molecule has 45 heavy (non-hydrogen) atoms. The van der Waals surface area contributed by atoms with Crippen LogP contribution in [0.1, 0.15) is 70.5 Å². The Bertz CT molecular complexity index is 1380. The van der Waals surface area contributed by atoms with E-state index in [1.54, 1.807) is 19.9 Å². The minimum atomic E-state index is -1.41. The molecule has 0 radical (unpaired) electrons. The van der Waals surface area contributed by atoms with Crippen LogP contribution in [0.15, 0.2) is 53.0 Å². The third-order valence-electron chi connectivity index (χ3n) is 10.1. The molecule has 5 bridgehead atoms. The first kappa shape index (κ1) is 31.9. The lowest BCUT2D eigenvalue weighted by Gasteiger charge is -2.41. The third kappa shape index (κ3) is 5.65. The summed E-state index contributed by atoms with van der Waals surface area (Å²) in [5, 5.41) is 13.3. The monoisotopic (exact) mass is 683 g/mol. The number of hydrogen-bond acceptors (Lipinski definition) is 7. The molecule has 1 aromatic rings. The van der Waals surface area contributed by atoms with Crippen LogP contribution in [0, 0.1) is 11.8 Å². The van der Waals surface area contributed by atoms with Crippen LogP contribution in [0.4, 0.5) is 0 Å². The van der Waals surface area contributed by atoms with Crippen molar-refractivity contribution >= 4 is 39.6 Å². The fraction of sp³-hybridized carbons (Fsp3) is 0.588. The molecule has 1 aromatic carbocycles. The molecular weight excluding hydrogens is 642 g/mol. The number of carbonyl (C=O) groups is 4. The Kier molecular flexibility index (Phi) is 9.23. The highest BCUT2D eigenvalue weighted by atomic mass is 79.9. The lowest BCUT2D eigenvalue weighted by atomic mass is 9.74. The fourth-order valence-corrected chi connectivity index (χ4v) is 8.70. The number of esters is 1. The molecule has 10 nitrogen and oxygen atoms in total. The smallest absolute Gasteiger partial charge is 0.313 e. The molecule has 3 amide bonds. The molecule has 0 aromatic heterocycles. The van der Waals surface area contributed by atoms with Gasteiger partial charge < -0.3 is 29.7 Å². The number of carbonyl (C=O) groups excluding carboxylic acids is 4. The van der Waals surface area contributed by atoms with Crippen molar-refractivity contribution in [1.29, 1.82) is 0 Å². The van der Waals surface area contributed by atoms with Crippen molar-refractivity contribution in [2.75, 3.05) is 13.2 Å². The maximum absolute atomic E-state index is 14.8. The fourth-order valence-electron chi connectivity index (χ4n) is 7.96. The summed E-state index contributed by atoms with van der Waals surface area (Å²) in [5.74, 6) is -3.53. The lowest BCUT2D eigenvalue weighted by Crippen LogP contribution is -2.59. The Hall–Kier alpha value is -3.02. The summed E-state index contributed by atoms with van der Waals surface area (Å²) in [6.45, 7) is 3.48. The number of amides is 3. The molecule has 4 aliphatic heterocycles. The van der Waals surface area contributed by atoms with Crippen molar-refractivity contribution in [3.63, 3.8) is 0 Å². The van der Waals surface area contributed by atoms with Gasteiger partial charge in [0, 0.05) is 23.5 Å². The van der Waals surface area contributed by atoms with Crippen LogP contribution >= 0.6 is 15.9 Å². The standard InChI is InChI=1S/C34H42BrN3O7/c1-20(19-39)38-30-32(42)37(23-14-8-4-9-15-23)17-11-5-10-16-25(40)36-21(2)28(22-12-6-3-7-13-22)44-33(43)26-27(31(38)41)34(30)18-24(35)29(26)45-34/h3,5-7,11-13,18,20-21,23,26-30,39H,4,8-10,14-17,19H2,1-2H3,(H,36,40)/b11-5-/t20-,21+,26-,27+,28-,29-,30-,34+/m1/s1. The number of benzene rings is 1. The van der Waals surface area contributed by atoms with Gasteiger partial charge in [-0.3, -0.25) is 19.2 Å². The van der Waals surface area contributed by atoms with E-state index < -0.39 is 59.6 Å². The van der Waals surface area contributed by atoms with Crippen molar-refractivity contribution in [3.8, 4) is 0 Å². The molecule has 0 unspecified atom stereocenters. The highest BCUT2D eigenvalue weighted by Crippen LogP contribution is 2.59. The minimum absolute atomic E-state index is 0.0163. The van der Waals surface area contributed by atoms with Crippen LogP contribution in [0.3, 0.4) is 0 Å². The average molecular weight is 685 g/mol. The summed E-state index contributed by atoms with van der Waals surface area (Å²) < 4.78 is 13.4. The quantitative estimate of drug-likeness (QED) is 0.367. The molecule has 242 valence electrons. The normalized spacial score (nSPS) is 36.0. The number of nitrogens with one attached hydrogen (secondary N) is 1. The Morgan fingerprint density at radius 1 is 1.04 bits per heavy atom. The van der Waals surface area contributed by atoms with E-state index in [1.807, 2.05) is 47.4 Å². The second-order valence-corrected chi connectivity index (χ2v) is 13.9. The maximum atomic E-state index is 14.8.